The van der Waals surface area contributed by atoms with Gasteiger partial charge in [-0.2, -0.15) is 0 Å². The van der Waals surface area contributed by atoms with Gasteiger partial charge in [-0.1, -0.05) is 113 Å². The summed E-state index contributed by atoms with van der Waals surface area (Å²) in [6.07, 6.45) is 42.8. The van der Waals surface area contributed by atoms with E-state index in [1.807, 2.05) is 0 Å². The topological polar surface area (TPSA) is 119 Å². The molecule has 0 bridgehead atoms. The average Bonchev–Trinajstić information content (AvgIpc) is 3.07. The molecule has 0 spiro atoms. The zero-order chi connectivity index (χ0) is 35.3. The summed E-state index contributed by atoms with van der Waals surface area (Å²) in [6.45, 7) is 4.77. The van der Waals surface area contributed by atoms with Crippen LogP contribution in [0.15, 0.2) is 60.8 Å². The number of carbonyl (C=O) groups is 3. The molecular formula is C41H70N2O5. The number of carboxylic acid groups (broad SMARTS) is 1. The Morgan fingerprint density at radius 1 is 0.646 bits per heavy atom. The normalized spacial score (nSPS) is 13.4. The van der Waals surface area contributed by atoms with E-state index in [1.54, 1.807) is 0 Å². The maximum Gasteiger partial charge on any atom is 0.326 e. The first-order valence-electron chi connectivity index (χ1n) is 19.1. The second-order valence-corrected chi connectivity index (χ2v) is 12.6. The van der Waals surface area contributed by atoms with Gasteiger partial charge in [0.1, 0.15) is 12.1 Å². The summed E-state index contributed by atoms with van der Waals surface area (Å²) < 4.78 is 5.89. The van der Waals surface area contributed by atoms with E-state index in [-0.39, 0.29) is 18.0 Å². The monoisotopic (exact) mass is 671 g/mol. The number of aliphatic carboxylic acids is 1. The predicted molar refractivity (Wildman–Crippen MR) is 202 cm³/mol. The molecule has 1 amide bonds. The van der Waals surface area contributed by atoms with E-state index >= 15 is 0 Å². The molecule has 0 aromatic carbocycles. The number of hydrogen-bond acceptors (Lipinski definition) is 5. The maximum absolute atomic E-state index is 12.6. The highest BCUT2D eigenvalue weighted by Gasteiger charge is 2.18. The third-order valence-corrected chi connectivity index (χ3v) is 8.05. The first-order chi connectivity index (χ1) is 23.4. The third kappa shape index (κ3) is 31.7. The van der Waals surface area contributed by atoms with Gasteiger partial charge >= 0.3 is 11.9 Å². The minimum Gasteiger partial charge on any atom is -0.480 e. The van der Waals surface area contributed by atoms with E-state index < -0.39 is 12.0 Å². The van der Waals surface area contributed by atoms with Gasteiger partial charge in [-0.15, -0.1) is 0 Å². The summed E-state index contributed by atoms with van der Waals surface area (Å²) in [5.41, 5.74) is 5.46. The maximum atomic E-state index is 12.6. The molecule has 0 aliphatic carbocycles. The minimum absolute atomic E-state index is 0.107. The number of rotatable bonds is 33. The van der Waals surface area contributed by atoms with Gasteiger partial charge in [0.2, 0.25) is 5.91 Å². The summed E-state index contributed by atoms with van der Waals surface area (Å²) in [6, 6.07) is -0.859. The molecule has 4 N–H and O–H groups in total. The Kier molecular flexibility index (Phi) is 33.2. The number of amides is 1. The van der Waals surface area contributed by atoms with Crippen molar-refractivity contribution in [3.05, 3.63) is 60.8 Å². The summed E-state index contributed by atoms with van der Waals surface area (Å²) in [5, 5.41) is 11.9. The van der Waals surface area contributed by atoms with Crippen molar-refractivity contribution in [3.8, 4) is 0 Å². The van der Waals surface area contributed by atoms with Crippen molar-refractivity contribution in [2.45, 2.75) is 174 Å². The number of unbranched alkanes of at least 4 members (excludes halogenated alkanes) is 11. The van der Waals surface area contributed by atoms with Crippen molar-refractivity contribution < 1.29 is 24.2 Å². The largest absolute Gasteiger partial charge is 0.480 e. The first kappa shape index (κ1) is 45.1. The lowest BCUT2D eigenvalue weighted by atomic mass is 10.0. The lowest BCUT2D eigenvalue weighted by molar-refractivity contribution is -0.147. The smallest absolute Gasteiger partial charge is 0.326 e. The number of carboxylic acids is 1. The summed E-state index contributed by atoms with van der Waals surface area (Å²) in [7, 11) is 0. The van der Waals surface area contributed by atoms with Gasteiger partial charge in [-0.3, -0.25) is 9.59 Å². The van der Waals surface area contributed by atoms with Gasteiger partial charge in [0.25, 0.3) is 0 Å². The first-order valence-corrected chi connectivity index (χ1v) is 19.1. The SMILES string of the molecule is CC/C=C\C/C=C\C/C=C\CCCCCC(=O)OC(/C=C\C/C=C\CCCCC)CCCCCCCCC(=O)NC(CCCN)C(=O)O. The van der Waals surface area contributed by atoms with Crippen molar-refractivity contribution in [1.82, 2.24) is 5.32 Å². The van der Waals surface area contributed by atoms with Crippen molar-refractivity contribution in [1.29, 1.82) is 0 Å². The summed E-state index contributed by atoms with van der Waals surface area (Å²) >= 11 is 0. The molecule has 7 nitrogen and oxygen atoms in total. The van der Waals surface area contributed by atoms with Crippen LogP contribution < -0.4 is 11.1 Å². The second-order valence-electron chi connectivity index (χ2n) is 12.6. The van der Waals surface area contributed by atoms with E-state index in [0.29, 0.717) is 32.2 Å². The van der Waals surface area contributed by atoms with Gasteiger partial charge in [0.15, 0.2) is 0 Å². The molecule has 0 aromatic rings. The standard InChI is InChI=1S/C41H70N2O5/c1-3-5-7-9-11-13-14-15-16-17-19-25-29-35-40(45)48-37(31-26-22-18-12-10-8-6-4-2)32-27-23-20-21-24-28-34-39(44)43-38(41(46)47)33-30-36-42/h5,7,11-13,15-16,18,26,31,37-38H,3-4,6,8-10,14,17,19-25,27-30,32-36,42H2,1-2H3,(H,43,44)(H,46,47)/b7-5-,13-11-,16-15-,18-12-,31-26-. The number of nitrogens with one attached hydrogen (secondary N) is 1. The molecule has 0 radical (unpaired) electrons. The number of ether oxygens (including phenoxy) is 1. The predicted octanol–water partition coefficient (Wildman–Crippen LogP) is 10.2. The van der Waals surface area contributed by atoms with Gasteiger partial charge in [0, 0.05) is 12.8 Å². The summed E-state index contributed by atoms with van der Waals surface area (Å²) in [5.74, 6) is -1.33. The molecule has 0 aliphatic rings. The highest BCUT2D eigenvalue weighted by atomic mass is 16.5. The molecule has 0 heterocycles. The zero-order valence-corrected chi connectivity index (χ0v) is 30.6. The van der Waals surface area contributed by atoms with Crippen LogP contribution in [0.4, 0.5) is 0 Å². The fourth-order valence-corrected chi connectivity index (χ4v) is 5.18. The lowest BCUT2D eigenvalue weighted by Crippen LogP contribution is -2.40. The Labute approximate surface area is 293 Å². The zero-order valence-electron chi connectivity index (χ0n) is 30.6. The van der Waals surface area contributed by atoms with E-state index in [9.17, 15) is 19.5 Å². The molecular weight excluding hydrogens is 600 g/mol. The van der Waals surface area contributed by atoms with Gasteiger partial charge < -0.3 is 20.9 Å². The molecule has 0 aliphatic heterocycles. The molecule has 0 rings (SSSR count). The Bertz CT molecular complexity index is 937. The molecule has 2 atom stereocenters. The number of carbonyl (C=O) groups excluding carboxylic acids is 2. The van der Waals surface area contributed by atoms with Crippen molar-refractivity contribution >= 4 is 17.8 Å². The molecule has 2 unspecified atom stereocenters. The van der Waals surface area contributed by atoms with Crippen LogP contribution in [0.2, 0.25) is 0 Å². The second kappa shape index (κ2) is 35.4. The summed E-state index contributed by atoms with van der Waals surface area (Å²) in [4.78, 5) is 36.1. The van der Waals surface area contributed by atoms with Crippen LogP contribution in [0.5, 0.6) is 0 Å². The fraction of sp³-hybridized carbons (Fsp3) is 0.683. The van der Waals surface area contributed by atoms with Crippen LogP contribution in [-0.2, 0) is 19.1 Å². The Hall–Kier alpha value is -2.93. The average molecular weight is 671 g/mol. The van der Waals surface area contributed by atoms with Crippen LogP contribution >= 0.6 is 0 Å². The Morgan fingerprint density at radius 3 is 1.85 bits per heavy atom. The third-order valence-electron chi connectivity index (χ3n) is 8.05. The van der Waals surface area contributed by atoms with Crippen LogP contribution in [-0.4, -0.2) is 41.6 Å². The molecule has 7 heteroatoms. The van der Waals surface area contributed by atoms with Crippen LogP contribution in [0.3, 0.4) is 0 Å². The molecule has 0 fully saturated rings. The van der Waals surface area contributed by atoms with E-state index in [1.165, 1.54) is 19.3 Å². The van der Waals surface area contributed by atoms with Gasteiger partial charge in [-0.05, 0) is 103 Å². The number of allylic oxidation sites excluding steroid dienone is 9. The van der Waals surface area contributed by atoms with E-state index in [4.69, 9.17) is 10.5 Å². The van der Waals surface area contributed by atoms with Crippen molar-refractivity contribution in [2.75, 3.05) is 6.54 Å². The Balaban J connectivity index is 4.39. The minimum atomic E-state index is -1.01. The molecule has 0 saturated carbocycles. The van der Waals surface area contributed by atoms with Crippen LogP contribution in [0.25, 0.3) is 0 Å². The number of hydrogen-bond donors (Lipinski definition) is 3. The van der Waals surface area contributed by atoms with Crippen molar-refractivity contribution in [3.63, 3.8) is 0 Å². The molecule has 48 heavy (non-hydrogen) atoms. The Morgan fingerprint density at radius 2 is 1.21 bits per heavy atom. The van der Waals surface area contributed by atoms with Crippen molar-refractivity contribution in [2.24, 2.45) is 5.73 Å². The quantitative estimate of drug-likeness (QED) is 0.0363. The highest BCUT2D eigenvalue weighted by molar-refractivity contribution is 5.83. The fourth-order valence-electron chi connectivity index (χ4n) is 5.18. The molecule has 274 valence electrons. The van der Waals surface area contributed by atoms with E-state index in [0.717, 1.165) is 103 Å². The van der Waals surface area contributed by atoms with Gasteiger partial charge in [0.05, 0.1) is 0 Å². The number of esters is 1. The molecule has 0 aromatic heterocycles. The highest BCUT2D eigenvalue weighted by Crippen LogP contribution is 2.15. The van der Waals surface area contributed by atoms with Crippen LogP contribution in [0.1, 0.15) is 162 Å². The molecule has 0 saturated heterocycles. The lowest BCUT2D eigenvalue weighted by Gasteiger charge is -2.15. The van der Waals surface area contributed by atoms with Crippen LogP contribution in [0, 0.1) is 0 Å². The number of nitrogens with two attached hydrogens (primary N) is 1. The van der Waals surface area contributed by atoms with Gasteiger partial charge in [-0.25, -0.2) is 4.79 Å². The van der Waals surface area contributed by atoms with E-state index in [2.05, 4.69) is 79.9 Å².